The summed E-state index contributed by atoms with van der Waals surface area (Å²) in [6, 6.07) is 14.9. The predicted octanol–water partition coefficient (Wildman–Crippen LogP) is 4.18. The fourth-order valence-corrected chi connectivity index (χ4v) is 6.91. The number of anilines is 1. The minimum Gasteiger partial charge on any atom is -0.493 e. The fourth-order valence-electron chi connectivity index (χ4n) is 4.77. The van der Waals surface area contributed by atoms with Gasteiger partial charge < -0.3 is 24.7 Å². The second-order valence-electron chi connectivity index (χ2n) is 11.3. The van der Waals surface area contributed by atoms with Crippen molar-refractivity contribution in [2.75, 3.05) is 18.4 Å². The first-order valence-corrected chi connectivity index (χ1v) is 17.2. The van der Waals surface area contributed by atoms with Crippen molar-refractivity contribution in [3.8, 4) is 5.88 Å². The number of hydrogen-bond acceptors (Lipinski definition) is 12. The minimum atomic E-state index is -4.20. The number of sulfonamides is 1. The Balaban J connectivity index is 1.34. The Morgan fingerprint density at radius 2 is 1.85 bits per heavy atom. The molecule has 2 amide bonds. The summed E-state index contributed by atoms with van der Waals surface area (Å²) in [7, 11) is -4.20. The molecule has 0 saturated heterocycles. The first-order valence-electron chi connectivity index (χ1n) is 14.9. The van der Waals surface area contributed by atoms with Gasteiger partial charge in [0.05, 0.1) is 33.0 Å². The molecule has 2 unspecified atom stereocenters. The van der Waals surface area contributed by atoms with Crippen LogP contribution in [0.4, 0.5) is 10.8 Å². The molecule has 5 rings (SSSR count). The molecule has 3 aromatic heterocycles. The average Bonchev–Trinajstić information content (AvgIpc) is 3.73. The lowest BCUT2D eigenvalue weighted by atomic mass is 10.0. The highest BCUT2D eigenvalue weighted by Crippen LogP contribution is 2.26. The van der Waals surface area contributed by atoms with E-state index >= 15 is 0 Å². The number of hydrogen-bond donors (Lipinski definition) is 4. The monoisotopic (exact) mass is 694 g/mol. The topological polar surface area (TPSA) is 197 Å². The van der Waals surface area contributed by atoms with Crippen LogP contribution >= 0.6 is 11.3 Å². The molecular formula is C32H34N6O8S2. The molecular weight excluding hydrogens is 661 g/mol. The number of thiazole rings is 1. The fraction of sp³-hybridized carbons (Fsp3) is 0.281. The van der Waals surface area contributed by atoms with Gasteiger partial charge in [-0.1, -0.05) is 44.2 Å². The van der Waals surface area contributed by atoms with Gasteiger partial charge in [-0.25, -0.2) is 18.2 Å². The first kappa shape index (κ1) is 34.4. The third-order valence-electron chi connectivity index (χ3n) is 7.08. The Morgan fingerprint density at radius 3 is 2.54 bits per heavy atom. The van der Waals surface area contributed by atoms with Crippen molar-refractivity contribution >= 4 is 50.5 Å². The number of pyridine rings is 1. The van der Waals surface area contributed by atoms with Gasteiger partial charge in [0.1, 0.15) is 12.1 Å². The zero-order valence-electron chi connectivity index (χ0n) is 26.0. The van der Waals surface area contributed by atoms with Gasteiger partial charge in [-0.05, 0) is 36.1 Å². The molecule has 0 fully saturated rings. The molecule has 16 heteroatoms. The van der Waals surface area contributed by atoms with Crippen LogP contribution < -0.4 is 10.6 Å². The van der Waals surface area contributed by atoms with Gasteiger partial charge in [-0.15, -0.1) is 11.3 Å². The third-order valence-corrected chi connectivity index (χ3v) is 9.66. The number of aromatic hydroxyl groups is 1. The molecule has 2 aromatic carbocycles. The van der Waals surface area contributed by atoms with Gasteiger partial charge in [0.2, 0.25) is 15.9 Å². The maximum atomic E-state index is 14.0. The number of aromatic nitrogens is 3. The first-order chi connectivity index (χ1) is 23.0. The van der Waals surface area contributed by atoms with Crippen LogP contribution in [0.25, 0.3) is 11.1 Å². The SMILES string of the molecule is CC(C)CN(CC(O)C(Cc1ccccc1)NC(=O)OCc1cncs1)S(=O)(=O)c1ccc2nc(NC(=O)c3ccc(O)nc3)oc2c1. The van der Waals surface area contributed by atoms with Crippen LogP contribution in [0.3, 0.4) is 0 Å². The molecule has 0 saturated carbocycles. The quantitative estimate of drug-likeness (QED) is 0.130. The van der Waals surface area contributed by atoms with Crippen molar-refractivity contribution in [2.24, 2.45) is 5.92 Å². The summed E-state index contributed by atoms with van der Waals surface area (Å²) in [6.07, 6.45) is 0.903. The molecule has 0 spiro atoms. The van der Waals surface area contributed by atoms with Crippen LogP contribution in [0.15, 0.2) is 87.9 Å². The maximum Gasteiger partial charge on any atom is 0.407 e. The number of benzene rings is 2. The number of ether oxygens (including phenoxy) is 1. The zero-order valence-corrected chi connectivity index (χ0v) is 27.6. The number of nitrogens with zero attached hydrogens (tertiary/aromatic N) is 4. The number of carbonyl (C=O) groups is 2. The Morgan fingerprint density at radius 1 is 1.06 bits per heavy atom. The van der Waals surface area contributed by atoms with Crippen molar-refractivity contribution in [2.45, 2.75) is 43.9 Å². The van der Waals surface area contributed by atoms with E-state index in [1.807, 2.05) is 44.2 Å². The largest absolute Gasteiger partial charge is 0.493 e. The van der Waals surface area contributed by atoms with Crippen molar-refractivity contribution < 1.29 is 37.4 Å². The number of nitrogens with one attached hydrogen (secondary N) is 2. The Hall–Kier alpha value is -4.90. The summed E-state index contributed by atoms with van der Waals surface area (Å²) in [5.41, 5.74) is 2.99. The van der Waals surface area contributed by atoms with Crippen LogP contribution in [0.1, 0.15) is 34.6 Å². The van der Waals surface area contributed by atoms with E-state index in [1.54, 1.807) is 11.7 Å². The highest BCUT2D eigenvalue weighted by molar-refractivity contribution is 7.89. The number of aliphatic hydroxyl groups excluding tert-OH is 1. The second kappa shape index (κ2) is 15.3. The third kappa shape index (κ3) is 8.92. The van der Waals surface area contributed by atoms with Gasteiger partial charge >= 0.3 is 12.1 Å². The van der Waals surface area contributed by atoms with Gasteiger partial charge in [-0.3, -0.25) is 15.1 Å². The molecule has 0 aliphatic heterocycles. The van der Waals surface area contributed by atoms with E-state index in [0.29, 0.717) is 5.52 Å². The van der Waals surface area contributed by atoms with Crippen LogP contribution in [-0.2, 0) is 27.8 Å². The molecule has 3 heterocycles. The van der Waals surface area contributed by atoms with Gasteiger partial charge in [0.25, 0.3) is 5.91 Å². The second-order valence-corrected chi connectivity index (χ2v) is 14.2. The molecule has 5 aromatic rings. The van der Waals surface area contributed by atoms with Crippen LogP contribution in [0, 0.1) is 5.92 Å². The number of alkyl carbamates (subject to hydrolysis) is 1. The van der Waals surface area contributed by atoms with Crippen LogP contribution in [0.2, 0.25) is 0 Å². The van der Waals surface area contributed by atoms with Gasteiger partial charge in [-0.2, -0.15) is 9.29 Å². The summed E-state index contributed by atoms with van der Waals surface area (Å²) < 4.78 is 40.2. The average molecular weight is 695 g/mol. The number of aliphatic hydroxyl groups is 1. The molecule has 0 bridgehead atoms. The summed E-state index contributed by atoms with van der Waals surface area (Å²) in [5.74, 6) is -0.943. The molecule has 0 aliphatic carbocycles. The lowest BCUT2D eigenvalue weighted by Gasteiger charge is -2.30. The van der Waals surface area contributed by atoms with E-state index in [0.717, 1.165) is 10.4 Å². The van der Waals surface area contributed by atoms with Crippen LogP contribution in [0.5, 0.6) is 5.88 Å². The number of amides is 2. The van der Waals surface area contributed by atoms with Crippen LogP contribution in [-0.4, -0.2) is 75.1 Å². The van der Waals surface area contributed by atoms with E-state index in [2.05, 4.69) is 25.6 Å². The van der Waals surface area contributed by atoms with E-state index in [1.165, 1.54) is 52.2 Å². The summed E-state index contributed by atoms with van der Waals surface area (Å²) in [5, 5.41) is 26.0. The number of carbonyl (C=O) groups excluding carboxylic acids is 2. The number of fused-ring (bicyclic) bond motifs is 1. The van der Waals surface area contributed by atoms with E-state index in [-0.39, 0.29) is 60.0 Å². The molecule has 0 aliphatic rings. The lowest BCUT2D eigenvalue weighted by Crippen LogP contribution is -2.51. The van der Waals surface area contributed by atoms with Crippen molar-refractivity contribution in [1.82, 2.24) is 24.6 Å². The minimum absolute atomic E-state index is 0.00202. The van der Waals surface area contributed by atoms with Gasteiger partial charge in [0, 0.05) is 37.6 Å². The van der Waals surface area contributed by atoms with Crippen molar-refractivity contribution in [3.05, 3.63) is 94.6 Å². The highest BCUT2D eigenvalue weighted by atomic mass is 32.2. The van der Waals surface area contributed by atoms with E-state index < -0.39 is 34.2 Å². The Kier molecular flexibility index (Phi) is 11.0. The standard InChI is InChI=1S/C32H34N6O8S2/c1-20(2)16-38(17-27(39)26(12-21-6-4-3-5-7-21)36-32(42)45-18-23-15-33-19-47-23)48(43,44)24-9-10-25-28(13-24)46-31(35-25)37-30(41)22-8-11-29(40)34-14-22/h3-11,13-15,19-20,26-27,39H,12,16-18H2,1-2H3,(H,34,40)(H,36,42)(H,35,37,41). The molecule has 14 nitrogen and oxygen atoms in total. The van der Waals surface area contributed by atoms with E-state index in [9.17, 15) is 28.2 Å². The highest BCUT2D eigenvalue weighted by Gasteiger charge is 2.32. The predicted molar refractivity (Wildman–Crippen MR) is 177 cm³/mol. The van der Waals surface area contributed by atoms with Crippen molar-refractivity contribution in [3.63, 3.8) is 0 Å². The molecule has 252 valence electrons. The summed E-state index contributed by atoms with van der Waals surface area (Å²) in [4.78, 5) is 37.8. The molecule has 4 N–H and O–H groups in total. The molecule has 0 radical (unpaired) electrons. The molecule has 48 heavy (non-hydrogen) atoms. The maximum absolute atomic E-state index is 14.0. The van der Waals surface area contributed by atoms with Crippen molar-refractivity contribution in [1.29, 1.82) is 0 Å². The zero-order chi connectivity index (χ0) is 34.3. The summed E-state index contributed by atoms with van der Waals surface area (Å²) >= 11 is 1.33. The van der Waals surface area contributed by atoms with E-state index in [4.69, 9.17) is 9.15 Å². The lowest BCUT2D eigenvalue weighted by molar-refractivity contribution is 0.0876. The number of rotatable bonds is 14. The number of oxazole rings is 1. The normalized spacial score (nSPS) is 13.0. The Bertz CT molecular complexity index is 1930. The molecule has 2 atom stereocenters. The van der Waals surface area contributed by atoms with Gasteiger partial charge in [0.15, 0.2) is 5.58 Å². The smallest absolute Gasteiger partial charge is 0.407 e. The summed E-state index contributed by atoms with van der Waals surface area (Å²) in [6.45, 7) is 3.45. The Labute approximate surface area is 280 Å².